The molecule has 0 amide bonds. The number of carboxylic acid groups (broad SMARTS) is 1. The molecule has 0 aromatic heterocycles. The molecule has 0 saturated carbocycles. The minimum Gasteiger partial charge on any atom is -0.480 e. The van der Waals surface area contributed by atoms with Gasteiger partial charge in [0.1, 0.15) is 5.54 Å². The third kappa shape index (κ3) is 1.01. The van der Waals surface area contributed by atoms with Crippen LogP contribution in [0.1, 0.15) is 6.92 Å². The number of carboxylic acids is 1. The Morgan fingerprint density at radius 1 is 1.80 bits per heavy atom. The van der Waals surface area contributed by atoms with Crippen molar-refractivity contribution < 1.29 is 9.90 Å². The first-order chi connectivity index (χ1) is 4.57. The third-order valence-electron chi connectivity index (χ3n) is 1.97. The Labute approximate surface area is 64.4 Å². The summed E-state index contributed by atoms with van der Waals surface area (Å²) in [7, 11) is 1.84. The molecule has 1 rings (SSSR count). The van der Waals surface area contributed by atoms with Gasteiger partial charge in [-0.25, -0.2) is 0 Å². The molecule has 1 fully saturated rings. The third-order valence-corrected chi connectivity index (χ3v) is 3.31. The Balaban J connectivity index is 2.75. The molecule has 1 aliphatic rings. The predicted octanol–water partition coefficient (Wildman–Crippen LogP) is 0.466. The maximum absolute atomic E-state index is 10.7. The lowest BCUT2D eigenvalue weighted by atomic mass is 10.1. The van der Waals surface area contributed by atoms with Gasteiger partial charge < -0.3 is 5.11 Å². The second-order valence-electron chi connectivity index (χ2n) is 2.75. The van der Waals surface area contributed by atoms with Crippen molar-refractivity contribution in [2.45, 2.75) is 12.5 Å². The average Bonchev–Trinajstić information content (AvgIpc) is 2.15. The van der Waals surface area contributed by atoms with Gasteiger partial charge >= 0.3 is 5.97 Å². The van der Waals surface area contributed by atoms with Crippen molar-refractivity contribution in [3.05, 3.63) is 0 Å². The van der Waals surface area contributed by atoms with E-state index in [1.54, 1.807) is 18.7 Å². The lowest BCUT2D eigenvalue weighted by Gasteiger charge is -2.25. The Kier molecular flexibility index (Phi) is 1.92. The highest BCUT2D eigenvalue weighted by Crippen LogP contribution is 2.28. The van der Waals surface area contributed by atoms with Crippen LogP contribution in [0.4, 0.5) is 0 Å². The summed E-state index contributed by atoms with van der Waals surface area (Å²) in [5, 5.41) is 8.79. The molecule has 4 heteroatoms. The second-order valence-corrected chi connectivity index (χ2v) is 3.71. The van der Waals surface area contributed by atoms with Gasteiger partial charge in [0.25, 0.3) is 0 Å². The van der Waals surface area contributed by atoms with Gasteiger partial charge in [0.2, 0.25) is 0 Å². The molecule has 0 aliphatic carbocycles. The molecule has 58 valence electrons. The highest BCUT2D eigenvalue weighted by molar-refractivity contribution is 7.99. The van der Waals surface area contributed by atoms with E-state index in [2.05, 4.69) is 0 Å². The Bertz CT molecular complexity index is 162. The summed E-state index contributed by atoms with van der Waals surface area (Å²) in [5.74, 6) is 0.793. The van der Waals surface area contributed by atoms with Gasteiger partial charge in [0.05, 0.1) is 0 Å². The molecule has 0 spiro atoms. The Morgan fingerprint density at radius 3 is 2.60 bits per heavy atom. The number of hydrogen-bond donors (Lipinski definition) is 1. The van der Waals surface area contributed by atoms with Crippen molar-refractivity contribution in [3.63, 3.8) is 0 Å². The molecule has 10 heavy (non-hydrogen) atoms. The first kappa shape index (κ1) is 7.88. The molecule has 1 heterocycles. The normalized spacial score (nSPS) is 34.6. The van der Waals surface area contributed by atoms with Crippen molar-refractivity contribution in [1.29, 1.82) is 0 Å². The van der Waals surface area contributed by atoms with Crippen LogP contribution in [0.5, 0.6) is 0 Å². The second kappa shape index (κ2) is 2.43. The Hall–Kier alpha value is -0.220. The topological polar surface area (TPSA) is 40.5 Å². The summed E-state index contributed by atoms with van der Waals surface area (Å²) in [5.41, 5.74) is -0.634. The highest BCUT2D eigenvalue weighted by Gasteiger charge is 2.41. The van der Waals surface area contributed by atoms with Crippen molar-refractivity contribution in [3.8, 4) is 0 Å². The number of thioether (sulfide) groups is 1. The van der Waals surface area contributed by atoms with Crippen LogP contribution in [0.2, 0.25) is 0 Å². The molecule has 0 unspecified atom stereocenters. The summed E-state index contributed by atoms with van der Waals surface area (Å²) in [6.45, 7) is 1.76. The molecular weight excluding hydrogens is 150 g/mol. The van der Waals surface area contributed by atoms with Gasteiger partial charge in [0, 0.05) is 11.6 Å². The maximum Gasteiger partial charge on any atom is 0.324 e. The molecular formula is C6H11NO2S. The number of hydrogen-bond acceptors (Lipinski definition) is 3. The quantitative estimate of drug-likeness (QED) is 0.606. The van der Waals surface area contributed by atoms with Crippen molar-refractivity contribution >= 4 is 17.7 Å². The van der Waals surface area contributed by atoms with Crippen LogP contribution in [0.15, 0.2) is 0 Å². The van der Waals surface area contributed by atoms with Crippen LogP contribution in [-0.2, 0) is 4.79 Å². The van der Waals surface area contributed by atoms with Crippen molar-refractivity contribution in [1.82, 2.24) is 4.90 Å². The van der Waals surface area contributed by atoms with Crippen LogP contribution in [0.3, 0.4) is 0 Å². The number of carbonyl (C=O) groups is 1. The van der Waals surface area contributed by atoms with Crippen LogP contribution < -0.4 is 0 Å². The van der Waals surface area contributed by atoms with Crippen LogP contribution in [0, 0.1) is 0 Å². The molecule has 3 nitrogen and oxygen atoms in total. The van der Waals surface area contributed by atoms with Gasteiger partial charge in [-0.05, 0) is 14.0 Å². The predicted molar refractivity (Wildman–Crippen MR) is 41.1 cm³/mol. The number of rotatable bonds is 1. The van der Waals surface area contributed by atoms with Crippen molar-refractivity contribution in [2.75, 3.05) is 18.7 Å². The molecule has 1 N–H and O–H groups in total. The number of nitrogens with zero attached hydrogens (tertiary/aromatic N) is 1. The van der Waals surface area contributed by atoms with Crippen molar-refractivity contribution in [2.24, 2.45) is 0 Å². The van der Waals surface area contributed by atoms with Gasteiger partial charge in [-0.15, -0.1) is 11.8 Å². The summed E-state index contributed by atoms with van der Waals surface area (Å²) in [6.07, 6.45) is 0. The van der Waals surface area contributed by atoms with E-state index >= 15 is 0 Å². The molecule has 1 aliphatic heterocycles. The van der Waals surface area contributed by atoms with E-state index in [-0.39, 0.29) is 0 Å². The van der Waals surface area contributed by atoms with Gasteiger partial charge in [-0.2, -0.15) is 0 Å². The Morgan fingerprint density at radius 2 is 2.40 bits per heavy atom. The summed E-state index contributed by atoms with van der Waals surface area (Å²) in [6, 6.07) is 0. The number of aliphatic carboxylic acids is 1. The zero-order chi connectivity index (χ0) is 7.78. The van der Waals surface area contributed by atoms with E-state index in [1.807, 2.05) is 11.9 Å². The monoisotopic (exact) mass is 161 g/mol. The smallest absolute Gasteiger partial charge is 0.324 e. The van der Waals surface area contributed by atoms with E-state index in [0.29, 0.717) is 5.75 Å². The molecule has 1 saturated heterocycles. The fourth-order valence-corrected chi connectivity index (χ4v) is 2.25. The molecule has 0 aromatic carbocycles. The largest absolute Gasteiger partial charge is 0.480 e. The first-order valence-corrected chi connectivity index (χ1v) is 4.25. The number of likely N-dealkylation sites (N-methyl/N-ethyl adjacent to an activating group) is 1. The average molecular weight is 161 g/mol. The van der Waals surface area contributed by atoms with Gasteiger partial charge in [-0.3, -0.25) is 9.69 Å². The first-order valence-electron chi connectivity index (χ1n) is 3.10. The zero-order valence-corrected chi connectivity index (χ0v) is 6.94. The summed E-state index contributed by atoms with van der Waals surface area (Å²) in [4.78, 5) is 12.5. The highest BCUT2D eigenvalue weighted by atomic mass is 32.2. The van der Waals surface area contributed by atoms with Crippen LogP contribution in [-0.4, -0.2) is 40.2 Å². The van der Waals surface area contributed by atoms with Crippen LogP contribution >= 0.6 is 11.8 Å². The van der Waals surface area contributed by atoms with E-state index in [0.717, 1.165) is 5.88 Å². The molecule has 0 aromatic rings. The fraction of sp³-hybridized carbons (Fsp3) is 0.833. The standard InChI is InChI=1S/C6H11NO2S/c1-6(5(8)9)3-10-4-7(6)2/h3-4H2,1-2H3,(H,8,9)/t6-/m0/s1. The minimum absolute atomic E-state index is 0.634. The SMILES string of the molecule is CN1CSC[C@@]1(C)C(=O)O. The lowest BCUT2D eigenvalue weighted by molar-refractivity contribution is -0.147. The van der Waals surface area contributed by atoms with Gasteiger partial charge in [0.15, 0.2) is 0 Å². The van der Waals surface area contributed by atoms with E-state index in [4.69, 9.17) is 5.11 Å². The fourth-order valence-electron chi connectivity index (χ4n) is 0.859. The van der Waals surface area contributed by atoms with E-state index < -0.39 is 11.5 Å². The summed E-state index contributed by atoms with van der Waals surface area (Å²) >= 11 is 1.66. The van der Waals surface area contributed by atoms with Crippen LogP contribution in [0.25, 0.3) is 0 Å². The molecule has 1 atom stereocenters. The summed E-state index contributed by atoms with van der Waals surface area (Å²) < 4.78 is 0. The zero-order valence-electron chi connectivity index (χ0n) is 6.13. The van der Waals surface area contributed by atoms with Gasteiger partial charge in [-0.1, -0.05) is 0 Å². The molecule has 0 bridgehead atoms. The molecule has 0 radical (unpaired) electrons. The maximum atomic E-state index is 10.7. The van der Waals surface area contributed by atoms with E-state index in [9.17, 15) is 4.79 Å². The lowest BCUT2D eigenvalue weighted by Crippen LogP contribution is -2.47. The minimum atomic E-state index is -0.722. The van der Waals surface area contributed by atoms with E-state index in [1.165, 1.54) is 0 Å².